The maximum Gasteiger partial charge on any atom is 0.335 e. The quantitative estimate of drug-likeness (QED) is 0.757. The van der Waals surface area contributed by atoms with Crippen molar-refractivity contribution in [2.75, 3.05) is 13.1 Å². The molecule has 0 saturated carbocycles. The molecule has 1 amide bonds. The molecule has 0 radical (unpaired) electrons. The van der Waals surface area contributed by atoms with Gasteiger partial charge in [0, 0.05) is 31.2 Å². The SMILES string of the molecule is CC(=O)N1C/C(=C/c2ccc(C(=O)O)cc2)C(=O)/C(=C/c2ccc(C(=O)O)cc2)C1. The number of hydrogen-bond acceptors (Lipinski definition) is 4. The number of carbonyl (C=O) groups excluding carboxylic acids is 2. The van der Waals surface area contributed by atoms with Crippen LogP contribution in [0.2, 0.25) is 0 Å². The van der Waals surface area contributed by atoms with Crippen LogP contribution in [-0.2, 0) is 9.59 Å². The Hall–Kier alpha value is -4.00. The van der Waals surface area contributed by atoms with Crippen molar-refractivity contribution >= 4 is 35.8 Å². The molecule has 30 heavy (non-hydrogen) atoms. The van der Waals surface area contributed by atoms with Gasteiger partial charge in [-0.05, 0) is 47.5 Å². The Balaban J connectivity index is 1.94. The van der Waals surface area contributed by atoms with Gasteiger partial charge in [-0.15, -0.1) is 0 Å². The van der Waals surface area contributed by atoms with Gasteiger partial charge in [-0.1, -0.05) is 24.3 Å². The number of rotatable bonds is 4. The van der Waals surface area contributed by atoms with Crippen molar-refractivity contribution in [2.45, 2.75) is 6.92 Å². The lowest BCUT2D eigenvalue weighted by Gasteiger charge is -2.29. The van der Waals surface area contributed by atoms with Crippen molar-refractivity contribution in [1.29, 1.82) is 0 Å². The number of likely N-dealkylation sites (tertiary alicyclic amines) is 1. The van der Waals surface area contributed by atoms with Gasteiger partial charge in [-0.25, -0.2) is 9.59 Å². The fourth-order valence-electron chi connectivity index (χ4n) is 3.11. The Labute approximate surface area is 172 Å². The second-order valence-electron chi connectivity index (χ2n) is 6.90. The van der Waals surface area contributed by atoms with Crippen molar-refractivity contribution in [3.05, 3.63) is 81.9 Å². The topological polar surface area (TPSA) is 112 Å². The number of hydrogen-bond donors (Lipinski definition) is 2. The number of Topliss-reactive ketones (excluding diaryl/α,β-unsaturated/α-hetero) is 1. The number of carboxylic acid groups (broad SMARTS) is 2. The van der Waals surface area contributed by atoms with Gasteiger partial charge in [0.2, 0.25) is 5.91 Å². The molecule has 0 bridgehead atoms. The molecule has 152 valence electrons. The molecule has 0 atom stereocenters. The normalized spacial score (nSPS) is 16.7. The third-order valence-electron chi connectivity index (χ3n) is 4.75. The van der Waals surface area contributed by atoms with E-state index >= 15 is 0 Å². The maximum atomic E-state index is 13.0. The highest BCUT2D eigenvalue weighted by molar-refractivity contribution is 6.15. The van der Waals surface area contributed by atoms with Crippen LogP contribution in [0.5, 0.6) is 0 Å². The second-order valence-corrected chi connectivity index (χ2v) is 6.90. The first-order valence-electron chi connectivity index (χ1n) is 9.12. The zero-order chi connectivity index (χ0) is 21.8. The lowest BCUT2D eigenvalue weighted by molar-refractivity contribution is -0.129. The molecule has 2 aromatic rings. The predicted octanol–water partition coefficient (Wildman–Crippen LogP) is 2.98. The Kier molecular flexibility index (Phi) is 5.92. The van der Waals surface area contributed by atoms with Crippen LogP contribution in [0.4, 0.5) is 0 Å². The van der Waals surface area contributed by atoms with Crippen molar-refractivity contribution in [1.82, 2.24) is 4.90 Å². The fourth-order valence-corrected chi connectivity index (χ4v) is 3.11. The van der Waals surface area contributed by atoms with Crippen molar-refractivity contribution in [3.8, 4) is 0 Å². The molecule has 1 fully saturated rings. The summed E-state index contributed by atoms with van der Waals surface area (Å²) >= 11 is 0. The molecule has 1 heterocycles. The first-order chi connectivity index (χ1) is 14.2. The standard InChI is InChI=1S/C23H19NO6/c1-14(25)24-12-19(10-15-2-6-17(7-3-15)22(27)28)21(26)20(13-24)11-16-4-8-18(9-5-16)23(29)30/h2-11H,12-13H2,1H3,(H,27,28)(H,29,30)/b19-10-,20-11+. The van der Waals surface area contributed by atoms with Gasteiger partial charge in [0.1, 0.15) is 0 Å². The minimum atomic E-state index is -1.04. The average molecular weight is 405 g/mol. The maximum absolute atomic E-state index is 13.0. The highest BCUT2D eigenvalue weighted by Gasteiger charge is 2.27. The van der Waals surface area contributed by atoms with E-state index in [9.17, 15) is 19.2 Å². The number of carbonyl (C=O) groups is 4. The molecule has 1 aliphatic rings. The molecule has 7 nitrogen and oxygen atoms in total. The first-order valence-corrected chi connectivity index (χ1v) is 9.12. The molecule has 2 N–H and O–H groups in total. The summed E-state index contributed by atoms with van der Waals surface area (Å²) in [7, 11) is 0. The number of piperidine rings is 1. The number of aromatic carboxylic acids is 2. The average Bonchev–Trinajstić information content (AvgIpc) is 2.71. The van der Waals surface area contributed by atoms with Gasteiger partial charge in [-0.3, -0.25) is 9.59 Å². The van der Waals surface area contributed by atoms with Gasteiger partial charge in [0.25, 0.3) is 0 Å². The second kappa shape index (κ2) is 8.57. The molecule has 7 heteroatoms. The van der Waals surface area contributed by atoms with E-state index in [2.05, 4.69) is 0 Å². The summed E-state index contributed by atoms with van der Waals surface area (Å²) in [6, 6.07) is 12.2. The van der Waals surface area contributed by atoms with Gasteiger partial charge in [0.15, 0.2) is 5.78 Å². The summed E-state index contributed by atoms with van der Waals surface area (Å²) in [4.78, 5) is 48.5. The van der Waals surface area contributed by atoms with E-state index < -0.39 is 11.9 Å². The molecule has 2 aromatic carbocycles. The summed E-state index contributed by atoms with van der Waals surface area (Å²) in [5.74, 6) is -2.46. The molecule has 0 spiro atoms. The van der Waals surface area contributed by atoms with Crippen LogP contribution in [0.1, 0.15) is 38.8 Å². The summed E-state index contributed by atoms with van der Waals surface area (Å²) < 4.78 is 0. The minimum absolute atomic E-state index is 0.142. The van der Waals surface area contributed by atoms with E-state index in [0.29, 0.717) is 22.3 Å². The van der Waals surface area contributed by atoms with Gasteiger partial charge in [0.05, 0.1) is 11.1 Å². The van der Waals surface area contributed by atoms with Crippen molar-refractivity contribution < 1.29 is 29.4 Å². The van der Waals surface area contributed by atoms with Crippen LogP contribution < -0.4 is 0 Å². The van der Waals surface area contributed by atoms with Crippen LogP contribution >= 0.6 is 0 Å². The third-order valence-corrected chi connectivity index (χ3v) is 4.75. The summed E-state index contributed by atoms with van der Waals surface area (Å²) in [5.41, 5.74) is 2.41. The number of nitrogens with zero attached hydrogens (tertiary/aromatic N) is 1. The lowest BCUT2D eigenvalue weighted by atomic mass is 9.94. The number of amides is 1. The van der Waals surface area contributed by atoms with E-state index in [4.69, 9.17) is 10.2 Å². The van der Waals surface area contributed by atoms with Crippen molar-refractivity contribution in [2.24, 2.45) is 0 Å². The molecule has 1 saturated heterocycles. The van der Waals surface area contributed by atoms with Gasteiger partial charge >= 0.3 is 11.9 Å². The molecule has 3 rings (SSSR count). The van der Waals surface area contributed by atoms with E-state index in [1.54, 1.807) is 36.4 Å². The molecule has 0 aromatic heterocycles. The fraction of sp³-hybridized carbons (Fsp3) is 0.130. The van der Waals surface area contributed by atoms with E-state index in [1.807, 2.05) is 0 Å². The van der Waals surface area contributed by atoms with E-state index in [1.165, 1.54) is 36.1 Å². The zero-order valence-corrected chi connectivity index (χ0v) is 16.2. The molecular formula is C23H19NO6. The zero-order valence-electron chi connectivity index (χ0n) is 16.2. The smallest absolute Gasteiger partial charge is 0.335 e. The Morgan fingerprint density at radius 2 is 1.13 bits per heavy atom. The van der Waals surface area contributed by atoms with Crippen LogP contribution in [0.25, 0.3) is 12.2 Å². The number of ketones is 1. The van der Waals surface area contributed by atoms with Gasteiger partial charge < -0.3 is 15.1 Å². The molecular weight excluding hydrogens is 386 g/mol. The van der Waals surface area contributed by atoms with Gasteiger partial charge in [-0.2, -0.15) is 0 Å². The van der Waals surface area contributed by atoms with E-state index in [-0.39, 0.29) is 35.9 Å². The number of benzene rings is 2. The summed E-state index contributed by atoms with van der Waals surface area (Å²) in [5, 5.41) is 18.0. The van der Waals surface area contributed by atoms with E-state index in [0.717, 1.165) is 0 Å². The largest absolute Gasteiger partial charge is 0.478 e. The van der Waals surface area contributed by atoms with Crippen LogP contribution in [-0.4, -0.2) is 51.8 Å². The Bertz CT molecular complexity index is 998. The molecule has 0 unspecified atom stereocenters. The Morgan fingerprint density at radius 3 is 1.43 bits per heavy atom. The predicted molar refractivity (Wildman–Crippen MR) is 110 cm³/mol. The van der Waals surface area contributed by atoms with Crippen LogP contribution in [0.3, 0.4) is 0 Å². The summed E-state index contributed by atoms with van der Waals surface area (Å²) in [6.07, 6.45) is 3.29. The monoisotopic (exact) mass is 405 g/mol. The lowest BCUT2D eigenvalue weighted by Crippen LogP contribution is -2.40. The highest BCUT2D eigenvalue weighted by Crippen LogP contribution is 2.22. The highest BCUT2D eigenvalue weighted by atomic mass is 16.4. The third kappa shape index (κ3) is 4.70. The number of carboxylic acids is 2. The summed E-state index contributed by atoms with van der Waals surface area (Å²) in [6.45, 7) is 1.74. The minimum Gasteiger partial charge on any atom is -0.478 e. The first kappa shape index (κ1) is 20.7. The Morgan fingerprint density at radius 1 is 0.767 bits per heavy atom. The van der Waals surface area contributed by atoms with Crippen molar-refractivity contribution in [3.63, 3.8) is 0 Å². The molecule has 1 aliphatic heterocycles. The van der Waals surface area contributed by atoms with Crippen LogP contribution in [0.15, 0.2) is 59.7 Å². The van der Waals surface area contributed by atoms with Crippen LogP contribution in [0, 0.1) is 0 Å². The molecule has 0 aliphatic carbocycles.